The van der Waals surface area contributed by atoms with Gasteiger partial charge in [-0.2, -0.15) is 0 Å². The van der Waals surface area contributed by atoms with E-state index in [0.717, 1.165) is 20.7 Å². The number of fused-ring (bicyclic) bond motifs is 3. The summed E-state index contributed by atoms with van der Waals surface area (Å²) in [6.07, 6.45) is 2.41. The fraction of sp³-hybridized carbons (Fsp3) is 0.471. The van der Waals surface area contributed by atoms with Gasteiger partial charge in [0, 0.05) is 18.7 Å². The highest BCUT2D eigenvalue weighted by atomic mass is 32.2. The lowest BCUT2D eigenvalue weighted by molar-refractivity contribution is 0.0622. The van der Waals surface area contributed by atoms with Gasteiger partial charge in [0.15, 0.2) is 5.09 Å². The largest absolute Gasteiger partial charge is 0.468 e. The number of piperidine rings is 3. The van der Waals surface area contributed by atoms with Crippen molar-refractivity contribution in [3.05, 3.63) is 29.1 Å². The van der Waals surface area contributed by atoms with Crippen LogP contribution in [0.3, 0.4) is 0 Å². The number of amides is 1. The number of furan rings is 1. The highest BCUT2D eigenvalue weighted by Crippen LogP contribution is 2.36. The van der Waals surface area contributed by atoms with E-state index < -0.39 is 0 Å². The molecule has 128 valence electrons. The maximum absolute atomic E-state index is 12.5. The van der Waals surface area contributed by atoms with Crippen molar-refractivity contribution < 1.29 is 13.9 Å². The van der Waals surface area contributed by atoms with Crippen molar-refractivity contribution in [3.8, 4) is 5.95 Å². The molecule has 3 fully saturated rings. The number of nitrogens with zero attached hydrogens (tertiary/aromatic N) is 1. The molecular formula is C17H20N2O3S2. The lowest BCUT2D eigenvalue weighted by atomic mass is 9.84. The third-order valence-corrected chi connectivity index (χ3v) is 6.87. The van der Waals surface area contributed by atoms with Crippen LogP contribution in [0.4, 0.5) is 0 Å². The molecular weight excluding hydrogens is 344 g/mol. The summed E-state index contributed by atoms with van der Waals surface area (Å²) in [7, 11) is 1.58. The average molecular weight is 364 g/mol. The van der Waals surface area contributed by atoms with Crippen LogP contribution >= 0.6 is 23.1 Å². The van der Waals surface area contributed by atoms with Gasteiger partial charge in [-0.1, -0.05) is 0 Å². The zero-order valence-electron chi connectivity index (χ0n) is 13.5. The second kappa shape index (κ2) is 6.82. The first-order chi connectivity index (χ1) is 11.7. The zero-order valence-corrected chi connectivity index (χ0v) is 15.1. The van der Waals surface area contributed by atoms with E-state index in [1.54, 1.807) is 13.2 Å². The Kier molecular flexibility index (Phi) is 4.56. The highest BCUT2D eigenvalue weighted by Gasteiger charge is 2.35. The first kappa shape index (κ1) is 16.1. The molecule has 3 saturated heterocycles. The van der Waals surface area contributed by atoms with Crippen molar-refractivity contribution in [1.82, 2.24) is 10.2 Å². The Labute approximate surface area is 149 Å². The molecule has 3 aliphatic rings. The van der Waals surface area contributed by atoms with Crippen molar-refractivity contribution >= 4 is 29.0 Å². The van der Waals surface area contributed by atoms with Crippen LogP contribution in [0.5, 0.6) is 5.95 Å². The molecule has 3 aliphatic heterocycles. The fourth-order valence-corrected chi connectivity index (χ4v) is 5.35. The molecule has 24 heavy (non-hydrogen) atoms. The predicted molar refractivity (Wildman–Crippen MR) is 94.1 cm³/mol. The summed E-state index contributed by atoms with van der Waals surface area (Å²) in [6.45, 7) is 3.36. The lowest BCUT2D eigenvalue weighted by Crippen LogP contribution is -2.57. The second-order valence-electron chi connectivity index (χ2n) is 6.22. The van der Waals surface area contributed by atoms with Crippen molar-refractivity contribution in [1.29, 1.82) is 0 Å². The molecule has 2 aromatic rings. The van der Waals surface area contributed by atoms with Crippen molar-refractivity contribution in [2.75, 3.05) is 26.7 Å². The summed E-state index contributed by atoms with van der Waals surface area (Å²) in [5.74, 6) is 1.18. The molecule has 7 heteroatoms. The third kappa shape index (κ3) is 3.34. The Balaban J connectivity index is 1.38. The Bertz CT molecular complexity index is 719. The smallest absolute Gasteiger partial charge is 0.285 e. The monoisotopic (exact) mass is 364 g/mol. The minimum absolute atomic E-state index is 0.0441. The van der Waals surface area contributed by atoms with Crippen LogP contribution in [0.25, 0.3) is 0 Å². The molecule has 1 atom stereocenters. The van der Waals surface area contributed by atoms with Crippen LogP contribution in [0.1, 0.15) is 22.5 Å². The second-order valence-corrected chi connectivity index (χ2v) is 8.60. The average Bonchev–Trinajstić information content (AvgIpc) is 3.26. The molecule has 0 aliphatic carbocycles. The summed E-state index contributed by atoms with van der Waals surface area (Å²) in [5.41, 5.74) is 0. The van der Waals surface area contributed by atoms with Crippen LogP contribution in [-0.4, -0.2) is 43.6 Å². The fourth-order valence-electron chi connectivity index (χ4n) is 3.43. The van der Waals surface area contributed by atoms with E-state index in [0.29, 0.717) is 17.9 Å². The minimum atomic E-state index is 0.0441. The Morgan fingerprint density at radius 1 is 1.33 bits per heavy atom. The van der Waals surface area contributed by atoms with Gasteiger partial charge < -0.3 is 19.4 Å². The number of carbonyl (C=O) groups excluding carboxylic acids is 1. The van der Waals surface area contributed by atoms with Crippen molar-refractivity contribution in [2.24, 2.45) is 5.92 Å². The lowest BCUT2D eigenvalue weighted by Gasteiger charge is -2.44. The van der Waals surface area contributed by atoms with E-state index in [-0.39, 0.29) is 5.91 Å². The van der Waals surface area contributed by atoms with Gasteiger partial charge in [-0.15, -0.1) is 11.3 Å². The molecule has 0 unspecified atom stereocenters. The van der Waals surface area contributed by atoms with Crippen LogP contribution < -0.4 is 10.1 Å². The summed E-state index contributed by atoms with van der Waals surface area (Å²) >= 11 is 3.00. The van der Waals surface area contributed by atoms with E-state index in [2.05, 4.69) is 10.2 Å². The zero-order chi connectivity index (χ0) is 16.5. The van der Waals surface area contributed by atoms with E-state index in [9.17, 15) is 4.79 Å². The summed E-state index contributed by atoms with van der Waals surface area (Å²) in [4.78, 5) is 15.7. The number of nitrogens with one attached hydrogen (secondary N) is 1. The van der Waals surface area contributed by atoms with Crippen molar-refractivity contribution in [2.45, 2.75) is 28.2 Å². The summed E-state index contributed by atoms with van der Waals surface area (Å²) in [6, 6.07) is 7.82. The van der Waals surface area contributed by atoms with Gasteiger partial charge in [-0.3, -0.25) is 4.79 Å². The van der Waals surface area contributed by atoms with Gasteiger partial charge in [-0.05, 0) is 61.8 Å². The van der Waals surface area contributed by atoms with E-state index in [4.69, 9.17) is 9.15 Å². The molecule has 5 nitrogen and oxygen atoms in total. The number of carbonyl (C=O) groups is 1. The summed E-state index contributed by atoms with van der Waals surface area (Å²) in [5, 5.41) is 4.00. The molecule has 0 saturated carbocycles. The van der Waals surface area contributed by atoms with Gasteiger partial charge in [-0.25, -0.2) is 0 Å². The number of rotatable bonds is 5. The van der Waals surface area contributed by atoms with E-state index >= 15 is 0 Å². The molecule has 5 heterocycles. The minimum Gasteiger partial charge on any atom is -0.468 e. The van der Waals surface area contributed by atoms with Crippen LogP contribution in [-0.2, 0) is 0 Å². The summed E-state index contributed by atoms with van der Waals surface area (Å²) < 4.78 is 11.6. The van der Waals surface area contributed by atoms with Crippen molar-refractivity contribution in [3.63, 3.8) is 0 Å². The molecule has 2 aromatic heterocycles. The number of ether oxygens (including phenoxy) is 1. The van der Waals surface area contributed by atoms with Crippen LogP contribution in [0.2, 0.25) is 0 Å². The number of hydrogen-bond donors (Lipinski definition) is 1. The van der Waals surface area contributed by atoms with Gasteiger partial charge in [0.2, 0.25) is 0 Å². The van der Waals surface area contributed by atoms with Gasteiger partial charge >= 0.3 is 0 Å². The standard InChI is InChI=1S/C17H20N2O3S2/c1-21-14-3-4-15(22-14)24-16-5-2-13(23-16)17(20)18-12-10-19-8-6-11(12)7-9-19/h2-5,11-12H,6-10H2,1H3,(H,18,20)/t12-/m0/s1. The molecule has 2 bridgehead atoms. The molecule has 1 N–H and O–H groups in total. The quantitative estimate of drug-likeness (QED) is 0.882. The maximum atomic E-state index is 12.5. The van der Waals surface area contributed by atoms with Gasteiger partial charge in [0.25, 0.3) is 11.9 Å². The molecule has 5 rings (SSSR count). The van der Waals surface area contributed by atoms with Gasteiger partial charge in [0.05, 0.1) is 16.2 Å². The van der Waals surface area contributed by atoms with Crippen LogP contribution in [0.15, 0.2) is 38.0 Å². The normalized spacial score (nSPS) is 25.6. The molecule has 0 spiro atoms. The maximum Gasteiger partial charge on any atom is 0.285 e. The van der Waals surface area contributed by atoms with E-state index in [1.165, 1.54) is 49.0 Å². The number of thiophene rings is 1. The first-order valence-corrected chi connectivity index (χ1v) is 9.79. The molecule has 1 amide bonds. The van der Waals surface area contributed by atoms with E-state index in [1.807, 2.05) is 18.2 Å². The predicted octanol–water partition coefficient (Wildman–Crippen LogP) is 3.32. The highest BCUT2D eigenvalue weighted by molar-refractivity contribution is 8.01. The first-order valence-electron chi connectivity index (χ1n) is 8.16. The SMILES string of the molecule is COc1ccc(Sc2ccc(C(=O)N[C@H]3CN4CCC3CC4)s2)o1. The topological polar surface area (TPSA) is 54.7 Å². The van der Waals surface area contributed by atoms with Crippen LogP contribution in [0, 0.1) is 5.92 Å². The third-order valence-electron chi connectivity index (χ3n) is 4.74. The van der Waals surface area contributed by atoms with Gasteiger partial charge in [0.1, 0.15) is 0 Å². The Hall–Kier alpha value is -1.44. The molecule has 0 aromatic carbocycles. The Morgan fingerprint density at radius 3 is 2.83 bits per heavy atom. The number of hydrogen-bond acceptors (Lipinski definition) is 6. The molecule has 0 radical (unpaired) electrons. The number of methoxy groups -OCH3 is 1. The Morgan fingerprint density at radius 2 is 2.17 bits per heavy atom.